The first-order chi connectivity index (χ1) is 10.7. The van der Waals surface area contributed by atoms with E-state index in [1.807, 2.05) is 0 Å². The molecule has 0 aromatic carbocycles. The third kappa shape index (κ3) is 5.48. The average molecular weight is 378 g/mol. The maximum atomic E-state index is 12.3. The van der Waals surface area contributed by atoms with Crippen molar-refractivity contribution in [2.45, 2.75) is 75.9 Å². The molecule has 140 valence electrons. The lowest BCUT2D eigenvalue weighted by Gasteiger charge is -2.33. The summed E-state index contributed by atoms with van der Waals surface area (Å²) in [5.41, 5.74) is 0. The lowest BCUT2D eigenvalue weighted by molar-refractivity contribution is -0.123. The largest absolute Gasteiger partial charge is 0.353 e. The Labute approximate surface area is 158 Å². The maximum Gasteiger partial charge on any atom is 0.220 e. The normalized spacial score (nSPS) is 33.4. The highest BCUT2D eigenvalue weighted by Gasteiger charge is 2.34. The number of amides is 1. The molecule has 4 fully saturated rings. The molecule has 2 bridgehead atoms. The molecule has 24 heavy (non-hydrogen) atoms. The van der Waals surface area contributed by atoms with E-state index in [9.17, 15) is 4.79 Å². The second-order valence-electron chi connectivity index (χ2n) is 8.27. The number of nitrogens with one attached hydrogen (secondary N) is 2. The molecule has 6 heteroatoms. The van der Waals surface area contributed by atoms with E-state index < -0.39 is 0 Å². The van der Waals surface area contributed by atoms with Gasteiger partial charge in [0.2, 0.25) is 5.91 Å². The molecule has 0 radical (unpaired) electrons. The molecule has 4 aliphatic rings. The van der Waals surface area contributed by atoms with Crippen molar-refractivity contribution in [3.05, 3.63) is 0 Å². The summed E-state index contributed by atoms with van der Waals surface area (Å²) < 4.78 is 0. The molecule has 2 N–H and O–H groups in total. The zero-order valence-electron chi connectivity index (χ0n) is 14.5. The van der Waals surface area contributed by atoms with Gasteiger partial charge in [-0.3, -0.25) is 4.79 Å². The number of hydrogen-bond donors (Lipinski definition) is 2. The van der Waals surface area contributed by atoms with Gasteiger partial charge >= 0.3 is 0 Å². The molecule has 4 nitrogen and oxygen atoms in total. The lowest BCUT2D eigenvalue weighted by Crippen LogP contribution is -2.46. The Hall–Kier alpha value is -0.0300. The van der Waals surface area contributed by atoms with Gasteiger partial charge in [-0.25, -0.2) is 0 Å². The second kappa shape index (κ2) is 9.07. The predicted molar refractivity (Wildman–Crippen MR) is 102 cm³/mol. The third-order valence-electron chi connectivity index (χ3n) is 6.21. The van der Waals surface area contributed by atoms with E-state index in [-0.39, 0.29) is 24.8 Å². The van der Waals surface area contributed by atoms with Crippen LogP contribution in [0.25, 0.3) is 0 Å². The van der Waals surface area contributed by atoms with Crippen molar-refractivity contribution in [2.24, 2.45) is 11.8 Å². The summed E-state index contributed by atoms with van der Waals surface area (Å²) in [6.07, 6.45) is 11.0. The van der Waals surface area contributed by atoms with Crippen LogP contribution in [0.15, 0.2) is 0 Å². The number of hydrogen-bond acceptors (Lipinski definition) is 3. The van der Waals surface area contributed by atoms with E-state index in [0.29, 0.717) is 30.0 Å². The van der Waals surface area contributed by atoms with Gasteiger partial charge in [-0.05, 0) is 63.2 Å². The SMILES string of the molecule is Cl.Cl.O=C(CC1CC2CCC(C1)N2)NC1CCN(CC2CC2)CC1. The maximum absolute atomic E-state index is 12.3. The van der Waals surface area contributed by atoms with Crippen LogP contribution in [0.1, 0.15) is 57.8 Å². The van der Waals surface area contributed by atoms with E-state index in [0.717, 1.165) is 25.2 Å². The van der Waals surface area contributed by atoms with Crippen molar-refractivity contribution in [2.75, 3.05) is 19.6 Å². The molecule has 0 aromatic rings. The summed E-state index contributed by atoms with van der Waals surface area (Å²) in [6, 6.07) is 1.82. The quantitative estimate of drug-likeness (QED) is 0.773. The number of carbonyl (C=O) groups excluding carboxylic acids is 1. The number of likely N-dealkylation sites (tertiary alicyclic amines) is 1. The molecule has 0 spiro atoms. The fraction of sp³-hybridized carbons (Fsp3) is 0.944. The minimum atomic E-state index is 0. The van der Waals surface area contributed by atoms with Crippen LogP contribution in [0.4, 0.5) is 0 Å². The number of carbonyl (C=O) groups is 1. The van der Waals surface area contributed by atoms with Crippen molar-refractivity contribution >= 4 is 30.7 Å². The molecule has 2 atom stereocenters. The van der Waals surface area contributed by atoms with Crippen LogP contribution in [0.2, 0.25) is 0 Å². The number of fused-ring (bicyclic) bond motifs is 2. The van der Waals surface area contributed by atoms with Crippen molar-refractivity contribution in [3.63, 3.8) is 0 Å². The molecule has 4 rings (SSSR count). The zero-order chi connectivity index (χ0) is 14.9. The van der Waals surface area contributed by atoms with Crippen LogP contribution in [0.5, 0.6) is 0 Å². The first-order valence-electron chi connectivity index (χ1n) is 9.52. The number of halogens is 2. The Bertz CT molecular complexity index is 399. The summed E-state index contributed by atoms with van der Waals surface area (Å²) >= 11 is 0. The Kier molecular flexibility index (Phi) is 7.66. The molecular formula is C18H33Cl2N3O. The smallest absolute Gasteiger partial charge is 0.220 e. The summed E-state index contributed by atoms with van der Waals surface area (Å²) in [7, 11) is 0. The Morgan fingerprint density at radius 2 is 1.54 bits per heavy atom. The van der Waals surface area contributed by atoms with Crippen molar-refractivity contribution < 1.29 is 4.79 Å². The van der Waals surface area contributed by atoms with Crippen molar-refractivity contribution in [1.29, 1.82) is 0 Å². The molecule has 2 unspecified atom stereocenters. The fourth-order valence-corrected chi connectivity index (χ4v) is 4.82. The van der Waals surface area contributed by atoms with E-state index in [1.165, 1.54) is 58.2 Å². The van der Waals surface area contributed by atoms with E-state index in [2.05, 4.69) is 15.5 Å². The van der Waals surface area contributed by atoms with Gasteiger partial charge in [0.25, 0.3) is 0 Å². The summed E-state index contributed by atoms with van der Waals surface area (Å²) in [6.45, 7) is 3.66. The highest BCUT2D eigenvalue weighted by molar-refractivity contribution is 5.85. The second-order valence-corrected chi connectivity index (χ2v) is 8.27. The zero-order valence-corrected chi connectivity index (χ0v) is 16.2. The topological polar surface area (TPSA) is 44.4 Å². The number of rotatable bonds is 5. The lowest BCUT2D eigenvalue weighted by atomic mass is 9.89. The molecule has 1 amide bonds. The summed E-state index contributed by atoms with van der Waals surface area (Å²) in [5, 5.41) is 6.98. The highest BCUT2D eigenvalue weighted by Crippen LogP contribution is 2.33. The number of nitrogens with zero attached hydrogens (tertiary/aromatic N) is 1. The van der Waals surface area contributed by atoms with Crippen LogP contribution in [-0.4, -0.2) is 48.6 Å². The first kappa shape index (κ1) is 20.3. The van der Waals surface area contributed by atoms with Crippen LogP contribution in [0, 0.1) is 11.8 Å². The van der Waals surface area contributed by atoms with Crippen LogP contribution >= 0.6 is 24.8 Å². The van der Waals surface area contributed by atoms with Crippen LogP contribution in [0.3, 0.4) is 0 Å². The number of piperidine rings is 2. The van der Waals surface area contributed by atoms with Crippen molar-refractivity contribution in [1.82, 2.24) is 15.5 Å². The van der Waals surface area contributed by atoms with Gasteiger partial charge in [-0.15, -0.1) is 24.8 Å². The van der Waals surface area contributed by atoms with Gasteiger partial charge in [0, 0.05) is 44.2 Å². The molecule has 3 heterocycles. The molecule has 0 aromatic heterocycles. The predicted octanol–water partition coefficient (Wildman–Crippen LogP) is 2.74. The van der Waals surface area contributed by atoms with Gasteiger partial charge < -0.3 is 15.5 Å². The minimum absolute atomic E-state index is 0. The Morgan fingerprint density at radius 3 is 2.12 bits per heavy atom. The van der Waals surface area contributed by atoms with E-state index >= 15 is 0 Å². The standard InChI is InChI=1S/C18H31N3O.2ClH/c22-18(11-14-9-16-3-4-17(10-14)19-16)20-15-5-7-21(8-6-15)12-13-1-2-13;;/h13-17,19H,1-12H2,(H,20,22);2*1H. The summed E-state index contributed by atoms with van der Waals surface area (Å²) in [5.74, 6) is 1.92. The van der Waals surface area contributed by atoms with Crippen molar-refractivity contribution in [3.8, 4) is 0 Å². The van der Waals surface area contributed by atoms with Gasteiger partial charge in [0.15, 0.2) is 0 Å². The molecule has 3 saturated heterocycles. The first-order valence-corrected chi connectivity index (χ1v) is 9.52. The van der Waals surface area contributed by atoms with E-state index in [4.69, 9.17) is 0 Å². The van der Waals surface area contributed by atoms with Gasteiger partial charge in [0.05, 0.1) is 0 Å². The van der Waals surface area contributed by atoms with Crippen LogP contribution in [-0.2, 0) is 4.79 Å². The molecular weight excluding hydrogens is 345 g/mol. The third-order valence-corrected chi connectivity index (χ3v) is 6.21. The Morgan fingerprint density at radius 1 is 0.917 bits per heavy atom. The van der Waals surface area contributed by atoms with Crippen LogP contribution < -0.4 is 10.6 Å². The molecule has 1 saturated carbocycles. The van der Waals surface area contributed by atoms with Gasteiger partial charge in [0.1, 0.15) is 0 Å². The fourth-order valence-electron chi connectivity index (χ4n) is 4.82. The minimum Gasteiger partial charge on any atom is -0.353 e. The average Bonchev–Trinajstić information content (AvgIpc) is 3.25. The Balaban J connectivity index is 0.00000104. The molecule has 1 aliphatic carbocycles. The van der Waals surface area contributed by atoms with E-state index in [1.54, 1.807) is 0 Å². The monoisotopic (exact) mass is 377 g/mol. The summed E-state index contributed by atoms with van der Waals surface area (Å²) in [4.78, 5) is 14.9. The van der Waals surface area contributed by atoms with Gasteiger partial charge in [-0.1, -0.05) is 0 Å². The van der Waals surface area contributed by atoms with Gasteiger partial charge in [-0.2, -0.15) is 0 Å². The highest BCUT2D eigenvalue weighted by atomic mass is 35.5. The molecule has 3 aliphatic heterocycles.